The summed E-state index contributed by atoms with van der Waals surface area (Å²) in [6.07, 6.45) is 0. The number of nitrogens with zero attached hydrogens (tertiary/aromatic N) is 2. The monoisotopic (exact) mass is 265 g/mol. The number of hydrogen-bond donors (Lipinski definition) is 0. The Morgan fingerprint density at radius 2 is 1.79 bits per heavy atom. The standard InChI is InChI=1S/C6H5.C5H11N2.Y/c1-2-4-6-5-3-1;1-5(6-2)7(3)4;/h1-5H;3H2,1-2,4H3;/q2*-1;. The molecule has 0 amide bonds. The number of aliphatic imine (C=N–C) groups is 1. The normalized spacial score (nSPS) is 9.29. The molecule has 0 unspecified atom stereocenters. The van der Waals surface area contributed by atoms with E-state index in [-0.39, 0.29) is 32.7 Å². The first kappa shape index (κ1) is 16.2. The Balaban J connectivity index is 0. The fraction of sp³-hybridized carbons (Fsp3) is 0.273. The van der Waals surface area contributed by atoms with Crippen molar-refractivity contribution < 1.29 is 32.7 Å². The third-order valence-corrected chi connectivity index (χ3v) is 1.48. The summed E-state index contributed by atoms with van der Waals surface area (Å²) >= 11 is 0. The molecule has 1 aromatic carbocycles. The molecule has 3 heteroatoms. The maximum atomic E-state index is 3.87. The molecule has 0 aliphatic carbocycles. The topological polar surface area (TPSA) is 15.6 Å². The van der Waals surface area contributed by atoms with E-state index in [0.717, 1.165) is 5.84 Å². The summed E-state index contributed by atoms with van der Waals surface area (Å²) in [4.78, 5) is 5.59. The Morgan fingerprint density at radius 3 is 1.86 bits per heavy atom. The molecular formula is C11H16N2Y-2. The fourth-order valence-electron chi connectivity index (χ4n) is 0.513. The van der Waals surface area contributed by atoms with E-state index in [0.29, 0.717) is 0 Å². The van der Waals surface area contributed by atoms with E-state index in [1.54, 1.807) is 11.9 Å². The molecule has 0 fully saturated rings. The van der Waals surface area contributed by atoms with Gasteiger partial charge in [0, 0.05) is 39.8 Å². The zero-order valence-electron chi connectivity index (χ0n) is 9.07. The Hall–Kier alpha value is -0.206. The van der Waals surface area contributed by atoms with E-state index in [1.807, 2.05) is 44.3 Å². The number of amidine groups is 1. The van der Waals surface area contributed by atoms with Crippen molar-refractivity contribution in [3.05, 3.63) is 43.4 Å². The SMILES string of the molecule is [CH2-]N(C)C(C)=NC.[Y].[c-]1ccccc1. The Labute approximate surface area is 112 Å². The molecule has 0 spiro atoms. The second-order valence-corrected chi connectivity index (χ2v) is 2.55. The Morgan fingerprint density at radius 1 is 1.29 bits per heavy atom. The molecule has 0 bridgehead atoms. The van der Waals surface area contributed by atoms with Crippen molar-refractivity contribution in [3.8, 4) is 0 Å². The molecule has 1 aromatic rings. The Bertz CT molecular complexity index is 206. The van der Waals surface area contributed by atoms with Gasteiger partial charge in [-0.15, -0.1) is 0 Å². The summed E-state index contributed by atoms with van der Waals surface area (Å²) in [5, 5.41) is 0. The summed E-state index contributed by atoms with van der Waals surface area (Å²) in [5.41, 5.74) is 0. The molecule has 0 heterocycles. The molecule has 2 nitrogen and oxygen atoms in total. The summed E-state index contributed by atoms with van der Waals surface area (Å²) in [7, 11) is 7.22. The van der Waals surface area contributed by atoms with Crippen LogP contribution in [0, 0.1) is 13.1 Å². The van der Waals surface area contributed by atoms with Gasteiger partial charge in [0.25, 0.3) is 0 Å². The van der Waals surface area contributed by atoms with Crippen LogP contribution in [0.4, 0.5) is 0 Å². The molecule has 0 aromatic heterocycles. The largest absolute Gasteiger partial charge is 0.516 e. The fourth-order valence-corrected chi connectivity index (χ4v) is 0.513. The van der Waals surface area contributed by atoms with Crippen LogP contribution in [-0.2, 0) is 32.7 Å². The van der Waals surface area contributed by atoms with Gasteiger partial charge in [-0.1, -0.05) is 0 Å². The maximum absolute atomic E-state index is 3.87. The van der Waals surface area contributed by atoms with Crippen LogP contribution < -0.4 is 0 Å². The van der Waals surface area contributed by atoms with Gasteiger partial charge in [0.1, 0.15) is 0 Å². The van der Waals surface area contributed by atoms with Crippen LogP contribution >= 0.6 is 0 Å². The molecule has 0 N–H and O–H groups in total. The van der Waals surface area contributed by atoms with E-state index < -0.39 is 0 Å². The summed E-state index contributed by atoms with van der Waals surface area (Å²) in [5.74, 6) is 0.944. The second-order valence-electron chi connectivity index (χ2n) is 2.55. The van der Waals surface area contributed by atoms with Crippen LogP contribution in [0.25, 0.3) is 0 Å². The van der Waals surface area contributed by atoms with Crippen LogP contribution in [0.3, 0.4) is 0 Å². The van der Waals surface area contributed by atoms with Crippen molar-refractivity contribution in [3.63, 3.8) is 0 Å². The minimum atomic E-state index is 0. The van der Waals surface area contributed by atoms with E-state index in [2.05, 4.69) is 18.1 Å². The first-order chi connectivity index (χ1) is 6.18. The van der Waals surface area contributed by atoms with Crippen LogP contribution in [0.2, 0.25) is 0 Å². The molecule has 75 valence electrons. The molecule has 14 heavy (non-hydrogen) atoms. The Kier molecular flexibility index (Phi) is 12.6. The predicted octanol–water partition coefficient (Wildman–Crippen LogP) is 2.24. The van der Waals surface area contributed by atoms with Crippen molar-refractivity contribution in [2.24, 2.45) is 4.99 Å². The summed E-state index contributed by atoms with van der Waals surface area (Å²) in [6, 6.07) is 12.5. The smallest absolute Gasteiger partial charge is 0.0656 e. The first-order valence-corrected chi connectivity index (χ1v) is 4.07. The third kappa shape index (κ3) is 9.88. The number of hydrogen-bond acceptors (Lipinski definition) is 1. The second kappa shape index (κ2) is 10.9. The average molecular weight is 265 g/mol. The van der Waals surface area contributed by atoms with Crippen LogP contribution in [-0.4, -0.2) is 24.8 Å². The van der Waals surface area contributed by atoms with Gasteiger partial charge in [-0.2, -0.15) is 36.4 Å². The zero-order chi connectivity index (χ0) is 10.1. The van der Waals surface area contributed by atoms with Crippen molar-refractivity contribution in [2.45, 2.75) is 6.92 Å². The van der Waals surface area contributed by atoms with Gasteiger partial charge in [0.2, 0.25) is 0 Å². The van der Waals surface area contributed by atoms with Gasteiger partial charge in [-0.3, -0.25) is 12.0 Å². The molecular weight excluding hydrogens is 249 g/mol. The summed E-state index contributed by atoms with van der Waals surface area (Å²) < 4.78 is 0. The van der Waals surface area contributed by atoms with Gasteiger partial charge in [0.15, 0.2) is 0 Å². The molecule has 0 saturated heterocycles. The predicted molar refractivity (Wildman–Crippen MR) is 57.4 cm³/mol. The van der Waals surface area contributed by atoms with Crippen molar-refractivity contribution in [2.75, 3.05) is 14.1 Å². The molecule has 0 aliphatic rings. The van der Waals surface area contributed by atoms with Crippen molar-refractivity contribution in [1.82, 2.24) is 4.90 Å². The van der Waals surface area contributed by atoms with E-state index in [9.17, 15) is 0 Å². The van der Waals surface area contributed by atoms with Crippen LogP contribution in [0.5, 0.6) is 0 Å². The quantitative estimate of drug-likeness (QED) is 0.399. The van der Waals surface area contributed by atoms with E-state index in [4.69, 9.17) is 0 Å². The van der Waals surface area contributed by atoms with Crippen LogP contribution in [0.15, 0.2) is 35.3 Å². The average Bonchev–Trinajstić information content (AvgIpc) is 2.20. The van der Waals surface area contributed by atoms with Crippen LogP contribution in [0.1, 0.15) is 6.92 Å². The number of benzene rings is 1. The number of rotatable bonds is 0. The first-order valence-electron chi connectivity index (χ1n) is 4.07. The van der Waals surface area contributed by atoms with Gasteiger partial charge >= 0.3 is 0 Å². The van der Waals surface area contributed by atoms with Gasteiger partial charge in [-0.25, -0.2) is 0 Å². The molecule has 1 rings (SSSR count). The molecule has 0 saturated carbocycles. The van der Waals surface area contributed by atoms with E-state index in [1.165, 1.54) is 0 Å². The minimum absolute atomic E-state index is 0. The molecule has 0 aliphatic heterocycles. The van der Waals surface area contributed by atoms with Crippen molar-refractivity contribution >= 4 is 5.84 Å². The van der Waals surface area contributed by atoms with Gasteiger partial charge in [-0.05, 0) is 14.0 Å². The van der Waals surface area contributed by atoms with Crippen molar-refractivity contribution in [1.29, 1.82) is 0 Å². The summed E-state index contributed by atoms with van der Waals surface area (Å²) in [6.45, 7) is 1.91. The molecule has 1 radical (unpaired) electrons. The van der Waals surface area contributed by atoms with E-state index >= 15 is 0 Å². The zero-order valence-corrected chi connectivity index (χ0v) is 11.9. The van der Waals surface area contributed by atoms with Gasteiger partial charge < -0.3 is 4.90 Å². The van der Waals surface area contributed by atoms with Gasteiger partial charge in [0.05, 0.1) is 5.84 Å². The third-order valence-electron chi connectivity index (χ3n) is 1.48. The minimum Gasteiger partial charge on any atom is -0.516 e. The molecule has 0 atom stereocenters. The maximum Gasteiger partial charge on any atom is 0.0656 e.